The number of nitrogen functional groups attached to an aromatic ring is 1. The van der Waals surface area contributed by atoms with Crippen molar-refractivity contribution < 1.29 is 0 Å². The Morgan fingerprint density at radius 3 is 2.82 bits per heavy atom. The molecule has 0 radical (unpaired) electrons. The van der Waals surface area contributed by atoms with Crippen molar-refractivity contribution in [1.29, 1.82) is 0 Å². The number of hydrogen-bond acceptors (Lipinski definition) is 2. The quantitative estimate of drug-likeness (QED) is 0.694. The largest absolute Gasteiger partial charge is 0.399 e. The number of benzene rings is 1. The summed E-state index contributed by atoms with van der Waals surface area (Å²) in [7, 11) is 2.22. The third-order valence-corrected chi connectivity index (χ3v) is 4.41. The van der Waals surface area contributed by atoms with Crippen molar-refractivity contribution in [3.8, 4) is 0 Å². The maximum absolute atomic E-state index is 6.05. The molecule has 2 aliphatic rings. The first kappa shape index (κ1) is 11.1. The molecule has 17 heavy (non-hydrogen) atoms. The van der Waals surface area contributed by atoms with Crippen LogP contribution in [-0.4, -0.2) is 18.5 Å². The zero-order chi connectivity index (χ0) is 12.0. The molecule has 2 N–H and O–H groups in total. The van der Waals surface area contributed by atoms with Gasteiger partial charge in [-0.3, -0.25) is 0 Å². The summed E-state index contributed by atoms with van der Waals surface area (Å²) in [5.41, 5.74) is 12.0. The molecule has 1 aliphatic carbocycles. The van der Waals surface area contributed by atoms with E-state index in [0.29, 0.717) is 5.41 Å². The Bertz CT molecular complexity index is 452. The van der Waals surface area contributed by atoms with E-state index >= 15 is 0 Å². The fourth-order valence-electron chi connectivity index (χ4n) is 3.95. The number of hydrogen-bond donors (Lipinski definition) is 1. The van der Waals surface area contributed by atoms with Gasteiger partial charge in [0.25, 0.3) is 0 Å². The van der Waals surface area contributed by atoms with Crippen molar-refractivity contribution in [3.05, 3.63) is 28.8 Å². The normalized spacial score (nSPS) is 28.6. The van der Waals surface area contributed by atoms with Crippen LogP contribution >= 0.6 is 0 Å². The smallest absolute Gasteiger partial charge is 0.0320 e. The van der Waals surface area contributed by atoms with Crippen LogP contribution in [0.4, 0.5) is 5.69 Å². The minimum atomic E-state index is 0.349. The molecule has 1 atom stereocenters. The lowest BCUT2D eigenvalue weighted by Gasteiger charge is -2.41. The Balaban J connectivity index is 2.22. The topological polar surface area (TPSA) is 29.3 Å². The van der Waals surface area contributed by atoms with E-state index in [0.717, 1.165) is 12.2 Å². The first-order valence-electron chi connectivity index (χ1n) is 6.69. The second kappa shape index (κ2) is 3.74. The van der Waals surface area contributed by atoms with Crippen molar-refractivity contribution in [2.45, 2.75) is 44.6 Å². The van der Waals surface area contributed by atoms with Gasteiger partial charge in [-0.2, -0.15) is 0 Å². The lowest BCUT2D eigenvalue weighted by molar-refractivity contribution is 0.213. The summed E-state index contributed by atoms with van der Waals surface area (Å²) in [6, 6.07) is 4.41. The maximum atomic E-state index is 6.05. The van der Waals surface area contributed by atoms with E-state index < -0.39 is 0 Å². The van der Waals surface area contributed by atoms with Gasteiger partial charge in [-0.1, -0.05) is 13.3 Å². The van der Waals surface area contributed by atoms with E-state index in [9.17, 15) is 0 Å². The highest BCUT2D eigenvalue weighted by molar-refractivity contribution is 5.54. The average Bonchev–Trinajstić information content (AvgIpc) is 2.37. The van der Waals surface area contributed by atoms with Crippen molar-refractivity contribution in [1.82, 2.24) is 4.90 Å². The molecule has 0 unspecified atom stereocenters. The van der Waals surface area contributed by atoms with Gasteiger partial charge in [0.15, 0.2) is 0 Å². The number of rotatable bonds is 0. The van der Waals surface area contributed by atoms with Gasteiger partial charge in [-0.05, 0) is 55.1 Å². The molecule has 1 aliphatic heterocycles. The maximum Gasteiger partial charge on any atom is 0.0320 e. The van der Waals surface area contributed by atoms with Crippen LogP contribution in [0.15, 0.2) is 12.1 Å². The van der Waals surface area contributed by atoms with Gasteiger partial charge >= 0.3 is 0 Å². The monoisotopic (exact) mass is 230 g/mol. The highest BCUT2D eigenvalue weighted by Crippen LogP contribution is 2.42. The Kier molecular flexibility index (Phi) is 2.44. The molecule has 0 fully saturated rings. The molecule has 0 saturated heterocycles. The lowest BCUT2D eigenvalue weighted by Crippen LogP contribution is -2.42. The standard InChI is InChI=1S/C15H22N2/c1-15-6-4-3-5-11-7-13(16)8-12(14(11)15)9-17(2)10-15/h7-8H,3-6,9-10,16H2,1-2H3/t15-/m1/s1. The second-order valence-electron chi connectivity index (χ2n) is 6.15. The van der Waals surface area contributed by atoms with E-state index in [1.807, 2.05) is 0 Å². The van der Waals surface area contributed by atoms with Crippen molar-refractivity contribution in [2.75, 3.05) is 19.3 Å². The first-order valence-corrected chi connectivity index (χ1v) is 6.69. The molecular weight excluding hydrogens is 208 g/mol. The Morgan fingerprint density at radius 2 is 2.00 bits per heavy atom. The first-order chi connectivity index (χ1) is 8.08. The van der Waals surface area contributed by atoms with Crippen molar-refractivity contribution in [3.63, 3.8) is 0 Å². The van der Waals surface area contributed by atoms with Crippen LogP contribution in [0.2, 0.25) is 0 Å². The van der Waals surface area contributed by atoms with Gasteiger partial charge in [0.1, 0.15) is 0 Å². The van der Waals surface area contributed by atoms with Gasteiger partial charge in [0, 0.05) is 24.2 Å². The number of aryl methyl sites for hydroxylation is 1. The van der Waals surface area contributed by atoms with Gasteiger partial charge in [0.2, 0.25) is 0 Å². The van der Waals surface area contributed by atoms with Gasteiger partial charge in [0.05, 0.1) is 0 Å². The van der Waals surface area contributed by atoms with E-state index in [1.165, 1.54) is 43.4 Å². The zero-order valence-electron chi connectivity index (χ0n) is 10.9. The minimum absolute atomic E-state index is 0.349. The summed E-state index contributed by atoms with van der Waals surface area (Å²) in [5.74, 6) is 0. The molecular formula is C15H22N2. The van der Waals surface area contributed by atoms with Crippen molar-refractivity contribution >= 4 is 5.69 Å². The van der Waals surface area contributed by atoms with Crippen LogP contribution in [0.1, 0.15) is 42.9 Å². The summed E-state index contributed by atoms with van der Waals surface area (Å²) >= 11 is 0. The molecule has 1 aromatic carbocycles. The Morgan fingerprint density at radius 1 is 1.24 bits per heavy atom. The average molecular weight is 230 g/mol. The molecule has 3 rings (SSSR count). The molecule has 2 nitrogen and oxygen atoms in total. The molecule has 0 aromatic heterocycles. The summed E-state index contributed by atoms with van der Waals surface area (Å²) in [4.78, 5) is 2.44. The van der Waals surface area contributed by atoms with Crippen LogP contribution < -0.4 is 5.73 Å². The van der Waals surface area contributed by atoms with E-state index in [2.05, 4.69) is 31.0 Å². The number of anilines is 1. The van der Waals surface area contributed by atoms with Crippen LogP contribution in [0.5, 0.6) is 0 Å². The predicted octanol–water partition coefficient (Wildman–Crippen LogP) is 2.70. The second-order valence-corrected chi connectivity index (χ2v) is 6.15. The van der Waals surface area contributed by atoms with Crippen LogP contribution in [0.25, 0.3) is 0 Å². The molecule has 0 amide bonds. The van der Waals surface area contributed by atoms with Gasteiger partial charge in [-0.25, -0.2) is 0 Å². The van der Waals surface area contributed by atoms with Crippen LogP contribution in [0.3, 0.4) is 0 Å². The number of nitrogens with zero attached hydrogens (tertiary/aromatic N) is 1. The summed E-state index contributed by atoms with van der Waals surface area (Å²) < 4.78 is 0. The van der Waals surface area contributed by atoms with Gasteiger partial charge in [-0.15, -0.1) is 0 Å². The molecule has 0 spiro atoms. The Labute approximate surface area is 104 Å². The van der Waals surface area contributed by atoms with E-state index in [1.54, 1.807) is 5.56 Å². The van der Waals surface area contributed by atoms with Crippen LogP contribution in [0, 0.1) is 0 Å². The zero-order valence-corrected chi connectivity index (χ0v) is 10.9. The van der Waals surface area contributed by atoms with Gasteiger partial charge < -0.3 is 10.6 Å². The number of nitrogens with two attached hydrogens (primary N) is 1. The summed E-state index contributed by atoms with van der Waals surface area (Å²) in [6.45, 7) is 4.69. The molecule has 92 valence electrons. The molecule has 0 saturated carbocycles. The molecule has 1 heterocycles. The Hall–Kier alpha value is -1.02. The molecule has 2 heteroatoms. The van der Waals surface area contributed by atoms with Crippen LogP contribution in [-0.2, 0) is 18.4 Å². The SMILES string of the molecule is CN1Cc2cc(N)cc3c2[C@](C)(CCCC3)C1. The fraction of sp³-hybridized carbons (Fsp3) is 0.600. The predicted molar refractivity (Wildman–Crippen MR) is 72.1 cm³/mol. The third-order valence-electron chi connectivity index (χ3n) is 4.41. The highest BCUT2D eigenvalue weighted by Gasteiger charge is 2.37. The molecule has 1 aromatic rings. The fourth-order valence-corrected chi connectivity index (χ4v) is 3.95. The van der Waals surface area contributed by atoms with E-state index in [4.69, 9.17) is 5.73 Å². The summed E-state index contributed by atoms with van der Waals surface area (Å²) in [5, 5.41) is 0. The van der Waals surface area contributed by atoms with E-state index in [-0.39, 0.29) is 0 Å². The molecule has 0 bridgehead atoms. The van der Waals surface area contributed by atoms with Crippen molar-refractivity contribution in [2.24, 2.45) is 0 Å². The number of likely N-dealkylation sites (N-methyl/N-ethyl adjacent to an activating group) is 1. The third kappa shape index (κ3) is 1.75. The lowest BCUT2D eigenvalue weighted by atomic mass is 9.73. The summed E-state index contributed by atoms with van der Waals surface area (Å²) in [6.07, 6.45) is 5.20. The minimum Gasteiger partial charge on any atom is -0.399 e. The highest BCUT2D eigenvalue weighted by atomic mass is 15.1.